The predicted molar refractivity (Wildman–Crippen MR) is 85.5 cm³/mol. The van der Waals surface area contributed by atoms with Crippen molar-refractivity contribution in [2.24, 2.45) is 4.99 Å². The van der Waals surface area contributed by atoms with E-state index >= 15 is 0 Å². The molecule has 0 aromatic heterocycles. The van der Waals surface area contributed by atoms with E-state index in [1.54, 1.807) is 0 Å². The van der Waals surface area contributed by atoms with Gasteiger partial charge in [0.25, 0.3) is 0 Å². The predicted octanol–water partition coefficient (Wildman–Crippen LogP) is 3.99. The second-order valence-corrected chi connectivity index (χ2v) is 5.25. The number of aliphatic imine (C=N–C) groups is 1. The average molecular weight is 278 g/mol. The number of carbonyl (C=O) groups excluding carboxylic acids is 1. The molecule has 0 aliphatic carbocycles. The van der Waals surface area contributed by atoms with Crippen molar-refractivity contribution < 1.29 is 4.79 Å². The van der Waals surface area contributed by atoms with Crippen LogP contribution in [0.3, 0.4) is 0 Å². The zero-order chi connectivity index (χ0) is 14.5. The highest BCUT2D eigenvalue weighted by molar-refractivity contribution is 6.06. The summed E-state index contributed by atoms with van der Waals surface area (Å²) in [7, 11) is 0. The first-order valence-electron chi connectivity index (χ1n) is 7.26. The standard InChI is InChI=1S/C18H18N2O/c21-18(20-15-9-5-2-6-10-15)13-16-11-12-17(19-16)14-7-3-1-4-8-14/h1-10,17H,11-13H2,(H,20,21). The number of para-hydroxylation sites is 1. The second-order valence-electron chi connectivity index (χ2n) is 5.25. The smallest absolute Gasteiger partial charge is 0.230 e. The van der Waals surface area contributed by atoms with Crippen molar-refractivity contribution in [3.05, 3.63) is 66.2 Å². The highest BCUT2D eigenvalue weighted by Gasteiger charge is 2.20. The van der Waals surface area contributed by atoms with Gasteiger partial charge in [0.1, 0.15) is 0 Å². The third-order valence-electron chi connectivity index (χ3n) is 3.65. The first-order chi connectivity index (χ1) is 10.3. The molecule has 1 atom stereocenters. The number of benzene rings is 2. The van der Waals surface area contributed by atoms with Gasteiger partial charge in [0.15, 0.2) is 0 Å². The van der Waals surface area contributed by atoms with E-state index in [2.05, 4.69) is 17.4 Å². The Bertz CT molecular complexity index is 635. The Kier molecular flexibility index (Phi) is 4.10. The van der Waals surface area contributed by atoms with Crippen LogP contribution in [0.25, 0.3) is 0 Å². The van der Waals surface area contributed by atoms with Crippen LogP contribution >= 0.6 is 0 Å². The average Bonchev–Trinajstić information content (AvgIpc) is 2.97. The number of carbonyl (C=O) groups is 1. The first kappa shape index (κ1) is 13.6. The molecule has 0 saturated heterocycles. The number of hydrogen-bond acceptors (Lipinski definition) is 2. The molecule has 0 bridgehead atoms. The minimum Gasteiger partial charge on any atom is -0.326 e. The van der Waals surface area contributed by atoms with E-state index in [0.29, 0.717) is 6.42 Å². The maximum absolute atomic E-state index is 12.0. The van der Waals surface area contributed by atoms with Crippen molar-refractivity contribution in [1.82, 2.24) is 0 Å². The van der Waals surface area contributed by atoms with E-state index in [-0.39, 0.29) is 11.9 Å². The quantitative estimate of drug-likeness (QED) is 0.902. The van der Waals surface area contributed by atoms with Gasteiger partial charge in [-0.1, -0.05) is 48.5 Å². The van der Waals surface area contributed by atoms with E-state index in [4.69, 9.17) is 4.99 Å². The highest BCUT2D eigenvalue weighted by atomic mass is 16.1. The molecule has 1 aliphatic heterocycles. The monoisotopic (exact) mass is 278 g/mol. The fraction of sp³-hybridized carbons (Fsp3) is 0.222. The van der Waals surface area contributed by atoms with Gasteiger partial charge in [-0.15, -0.1) is 0 Å². The third kappa shape index (κ3) is 3.57. The molecule has 1 unspecified atom stereocenters. The van der Waals surface area contributed by atoms with Crippen molar-refractivity contribution in [3.8, 4) is 0 Å². The number of anilines is 1. The van der Waals surface area contributed by atoms with Gasteiger partial charge >= 0.3 is 0 Å². The molecule has 1 amide bonds. The van der Waals surface area contributed by atoms with E-state index in [1.807, 2.05) is 48.5 Å². The van der Waals surface area contributed by atoms with Crippen LogP contribution < -0.4 is 5.32 Å². The molecule has 2 aromatic rings. The molecule has 106 valence electrons. The molecular weight excluding hydrogens is 260 g/mol. The van der Waals surface area contributed by atoms with Crippen LogP contribution in [0.1, 0.15) is 30.9 Å². The van der Waals surface area contributed by atoms with Crippen LogP contribution in [0.5, 0.6) is 0 Å². The maximum atomic E-state index is 12.0. The lowest BCUT2D eigenvalue weighted by Crippen LogP contribution is -2.15. The van der Waals surface area contributed by atoms with Crippen LogP contribution in [0.2, 0.25) is 0 Å². The molecule has 0 spiro atoms. The Balaban J connectivity index is 1.60. The highest BCUT2D eigenvalue weighted by Crippen LogP contribution is 2.29. The van der Waals surface area contributed by atoms with Gasteiger partial charge in [-0.05, 0) is 30.5 Å². The molecule has 0 saturated carbocycles. The van der Waals surface area contributed by atoms with Crippen LogP contribution in [0.15, 0.2) is 65.7 Å². The largest absolute Gasteiger partial charge is 0.326 e. The summed E-state index contributed by atoms with van der Waals surface area (Å²) in [5, 5.41) is 2.90. The minimum absolute atomic E-state index is 0.00802. The van der Waals surface area contributed by atoms with Gasteiger partial charge in [-0.3, -0.25) is 9.79 Å². The molecule has 1 heterocycles. The third-order valence-corrected chi connectivity index (χ3v) is 3.65. The number of amides is 1. The van der Waals surface area contributed by atoms with Crippen molar-refractivity contribution in [1.29, 1.82) is 0 Å². The summed E-state index contributed by atoms with van der Waals surface area (Å²) in [6.07, 6.45) is 2.29. The molecule has 3 nitrogen and oxygen atoms in total. The van der Waals surface area contributed by atoms with Gasteiger partial charge < -0.3 is 5.32 Å². The molecule has 21 heavy (non-hydrogen) atoms. The van der Waals surface area contributed by atoms with Crippen molar-refractivity contribution >= 4 is 17.3 Å². The lowest BCUT2D eigenvalue weighted by molar-refractivity contribution is -0.115. The van der Waals surface area contributed by atoms with E-state index in [9.17, 15) is 4.79 Å². The molecule has 0 radical (unpaired) electrons. The number of nitrogens with one attached hydrogen (secondary N) is 1. The first-order valence-corrected chi connectivity index (χ1v) is 7.26. The molecule has 1 aliphatic rings. The zero-order valence-electron chi connectivity index (χ0n) is 11.8. The summed E-state index contributed by atoms with van der Waals surface area (Å²) in [5.41, 5.74) is 3.06. The van der Waals surface area contributed by atoms with Gasteiger partial charge in [0.05, 0.1) is 12.5 Å². The summed E-state index contributed by atoms with van der Waals surface area (Å²) >= 11 is 0. The molecule has 0 fully saturated rings. The van der Waals surface area contributed by atoms with E-state index < -0.39 is 0 Å². The summed E-state index contributed by atoms with van der Waals surface area (Å²) in [6, 6.07) is 20.0. The van der Waals surface area contributed by atoms with Crippen LogP contribution in [-0.4, -0.2) is 11.6 Å². The fourth-order valence-corrected chi connectivity index (χ4v) is 2.62. The molecule has 3 rings (SSSR count). The fourth-order valence-electron chi connectivity index (χ4n) is 2.62. The van der Waals surface area contributed by atoms with Gasteiger partial charge in [0.2, 0.25) is 5.91 Å². The summed E-state index contributed by atoms with van der Waals surface area (Å²) in [4.78, 5) is 16.7. The van der Waals surface area contributed by atoms with Crippen LogP contribution in [0.4, 0.5) is 5.69 Å². The van der Waals surface area contributed by atoms with Crippen LogP contribution in [0, 0.1) is 0 Å². The van der Waals surface area contributed by atoms with Gasteiger partial charge in [0, 0.05) is 11.4 Å². The Morgan fingerprint density at radius 1 is 1.05 bits per heavy atom. The van der Waals surface area contributed by atoms with Crippen molar-refractivity contribution in [2.45, 2.75) is 25.3 Å². The number of nitrogens with zero attached hydrogens (tertiary/aromatic N) is 1. The SMILES string of the molecule is O=C(CC1=NC(c2ccccc2)CC1)Nc1ccccc1. The van der Waals surface area contributed by atoms with Crippen LogP contribution in [-0.2, 0) is 4.79 Å². The van der Waals surface area contributed by atoms with Crippen molar-refractivity contribution in [3.63, 3.8) is 0 Å². The normalized spacial score (nSPS) is 17.3. The molecule has 1 N–H and O–H groups in total. The van der Waals surface area contributed by atoms with E-state index in [0.717, 1.165) is 24.2 Å². The summed E-state index contributed by atoms with van der Waals surface area (Å²) < 4.78 is 0. The number of hydrogen-bond donors (Lipinski definition) is 1. The minimum atomic E-state index is 0.00802. The Hall–Kier alpha value is -2.42. The molecular formula is C18H18N2O. The van der Waals surface area contributed by atoms with Gasteiger partial charge in [-0.25, -0.2) is 0 Å². The van der Waals surface area contributed by atoms with E-state index in [1.165, 1.54) is 5.56 Å². The van der Waals surface area contributed by atoms with Gasteiger partial charge in [-0.2, -0.15) is 0 Å². The van der Waals surface area contributed by atoms with Crippen molar-refractivity contribution in [2.75, 3.05) is 5.32 Å². The lowest BCUT2D eigenvalue weighted by Gasteiger charge is -2.05. The Morgan fingerprint density at radius 3 is 2.43 bits per heavy atom. The maximum Gasteiger partial charge on any atom is 0.230 e. The second kappa shape index (κ2) is 6.35. The number of rotatable bonds is 4. The molecule has 2 aromatic carbocycles. The Labute approximate surface area is 124 Å². The molecule has 3 heteroatoms. The lowest BCUT2D eigenvalue weighted by atomic mass is 10.0. The summed E-state index contributed by atoms with van der Waals surface area (Å²) in [5.74, 6) is 0.00802. The topological polar surface area (TPSA) is 41.5 Å². The Morgan fingerprint density at radius 2 is 1.71 bits per heavy atom. The summed E-state index contributed by atoms with van der Waals surface area (Å²) in [6.45, 7) is 0. The zero-order valence-corrected chi connectivity index (χ0v) is 11.8.